The fourth-order valence-electron chi connectivity index (χ4n) is 1.71. The van der Waals surface area contributed by atoms with E-state index in [4.69, 9.17) is 5.11 Å². The summed E-state index contributed by atoms with van der Waals surface area (Å²) in [6, 6.07) is 6.19. The van der Waals surface area contributed by atoms with Gasteiger partial charge in [0.25, 0.3) is 5.91 Å². The van der Waals surface area contributed by atoms with Crippen molar-refractivity contribution >= 4 is 17.5 Å². The van der Waals surface area contributed by atoms with Crippen LogP contribution in [0.3, 0.4) is 0 Å². The number of amides is 2. The van der Waals surface area contributed by atoms with E-state index in [0.29, 0.717) is 6.07 Å². The van der Waals surface area contributed by atoms with Crippen molar-refractivity contribution < 1.29 is 27.9 Å². The Morgan fingerprint density at radius 3 is 2.48 bits per heavy atom. The van der Waals surface area contributed by atoms with E-state index >= 15 is 0 Å². The third-order valence-corrected chi connectivity index (χ3v) is 2.84. The maximum atomic E-state index is 13.5. The molecule has 2 aromatic rings. The Labute approximate surface area is 128 Å². The summed E-state index contributed by atoms with van der Waals surface area (Å²) < 4.78 is 39.2. The van der Waals surface area contributed by atoms with Crippen molar-refractivity contribution in [2.45, 2.75) is 0 Å². The number of nitrogens with one attached hydrogen (secondary N) is 2. The topological polar surface area (TPSA) is 78.4 Å². The van der Waals surface area contributed by atoms with Crippen LogP contribution in [0.1, 0.15) is 10.4 Å². The lowest BCUT2D eigenvalue weighted by Crippen LogP contribution is -2.33. The molecule has 0 atom stereocenters. The van der Waals surface area contributed by atoms with E-state index in [0.717, 1.165) is 18.2 Å². The van der Waals surface area contributed by atoms with Gasteiger partial charge in [-0.1, -0.05) is 6.07 Å². The summed E-state index contributed by atoms with van der Waals surface area (Å²) in [4.78, 5) is 23.3. The molecular formula is C15H11F3N2O3. The minimum Gasteiger partial charge on any atom is -0.505 e. The molecule has 0 bridgehead atoms. The van der Waals surface area contributed by atoms with Gasteiger partial charge in [-0.05, 0) is 30.3 Å². The summed E-state index contributed by atoms with van der Waals surface area (Å²) in [5.41, 5.74) is -0.419. The van der Waals surface area contributed by atoms with Crippen LogP contribution in [0.4, 0.5) is 18.9 Å². The zero-order valence-electron chi connectivity index (χ0n) is 11.6. The Morgan fingerprint density at radius 1 is 1.04 bits per heavy atom. The lowest BCUT2D eigenvalue weighted by atomic mass is 10.2. The number of benzene rings is 2. The van der Waals surface area contributed by atoms with Gasteiger partial charge in [0.15, 0.2) is 23.2 Å². The molecule has 0 spiro atoms. The minimum absolute atomic E-state index is 0.166. The second-order valence-corrected chi connectivity index (χ2v) is 4.50. The van der Waals surface area contributed by atoms with E-state index in [1.807, 2.05) is 0 Å². The van der Waals surface area contributed by atoms with Crippen molar-refractivity contribution in [1.82, 2.24) is 5.32 Å². The zero-order chi connectivity index (χ0) is 17.0. The lowest BCUT2D eigenvalue weighted by Gasteiger charge is -2.08. The number of phenolic OH excluding ortho intramolecular Hbond substituents is 1. The molecule has 23 heavy (non-hydrogen) atoms. The van der Waals surface area contributed by atoms with Crippen LogP contribution in [0.25, 0.3) is 0 Å². The fourth-order valence-corrected chi connectivity index (χ4v) is 1.71. The minimum atomic E-state index is -1.19. The summed E-state index contributed by atoms with van der Waals surface area (Å²) in [6.07, 6.45) is 0. The maximum Gasteiger partial charge on any atom is 0.251 e. The van der Waals surface area contributed by atoms with Crippen LogP contribution in [0.2, 0.25) is 0 Å². The first kappa shape index (κ1) is 16.3. The Kier molecular flexibility index (Phi) is 4.85. The maximum absolute atomic E-state index is 13.5. The molecule has 120 valence electrons. The predicted octanol–water partition coefficient (Wildman–Crippen LogP) is 2.18. The van der Waals surface area contributed by atoms with Gasteiger partial charge >= 0.3 is 0 Å². The van der Waals surface area contributed by atoms with Gasteiger partial charge in [-0.15, -0.1) is 0 Å². The highest BCUT2D eigenvalue weighted by Gasteiger charge is 2.13. The van der Waals surface area contributed by atoms with Crippen LogP contribution in [-0.4, -0.2) is 23.5 Å². The highest BCUT2D eigenvalue weighted by atomic mass is 19.2. The number of hydrogen-bond donors (Lipinski definition) is 3. The molecule has 0 saturated carbocycles. The molecule has 2 amide bonds. The van der Waals surface area contributed by atoms with Gasteiger partial charge in [0, 0.05) is 5.56 Å². The molecule has 0 radical (unpaired) electrons. The van der Waals surface area contributed by atoms with Crippen LogP contribution in [-0.2, 0) is 4.79 Å². The molecule has 5 nitrogen and oxygen atoms in total. The number of carbonyl (C=O) groups is 2. The summed E-state index contributed by atoms with van der Waals surface area (Å²) in [5.74, 6) is -5.48. The first-order valence-corrected chi connectivity index (χ1v) is 6.39. The molecule has 0 heterocycles. The number of rotatable bonds is 4. The average molecular weight is 324 g/mol. The number of halogens is 3. The summed E-state index contributed by atoms with van der Waals surface area (Å²) in [6.45, 7) is -0.521. The predicted molar refractivity (Wildman–Crippen MR) is 75.4 cm³/mol. The average Bonchev–Trinajstić information content (AvgIpc) is 2.52. The van der Waals surface area contributed by atoms with Crippen molar-refractivity contribution in [3.63, 3.8) is 0 Å². The van der Waals surface area contributed by atoms with E-state index in [9.17, 15) is 22.8 Å². The van der Waals surface area contributed by atoms with Crippen molar-refractivity contribution in [2.24, 2.45) is 0 Å². The van der Waals surface area contributed by atoms with Gasteiger partial charge in [-0.25, -0.2) is 13.2 Å². The first-order valence-electron chi connectivity index (χ1n) is 6.39. The van der Waals surface area contributed by atoms with E-state index in [1.54, 1.807) is 0 Å². The van der Waals surface area contributed by atoms with Crippen molar-refractivity contribution in [2.75, 3.05) is 11.9 Å². The molecule has 0 aliphatic rings. The Hall–Kier alpha value is -3.03. The van der Waals surface area contributed by atoms with E-state index in [-0.39, 0.29) is 11.3 Å². The van der Waals surface area contributed by atoms with Crippen molar-refractivity contribution in [3.05, 3.63) is 59.4 Å². The van der Waals surface area contributed by atoms with Gasteiger partial charge in [-0.3, -0.25) is 9.59 Å². The molecule has 0 fully saturated rings. The smallest absolute Gasteiger partial charge is 0.251 e. The van der Waals surface area contributed by atoms with Gasteiger partial charge in [0.2, 0.25) is 5.91 Å². The number of anilines is 1. The van der Waals surface area contributed by atoms with E-state index < -0.39 is 41.6 Å². The fraction of sp³-hybridized carbons (Fsp3) is 0.0667. The highest BCUT2D eigenvalue weighted by molar-refractivity contribution is 5.99. The lowest BCUT2D eigenvalue weighted by molar-refractivity contribution is -0.115. The van der Waals surface area contributed by atoms with E-state index in [1.165, 1.54) is 12.1 Å². The van der Waals surface area contributed by atoms with E-state index in [2.05, 4.69) is 10.6 Å². The Morgan fingerprint density at radius 2 is 1.78 bits per heavy atom. The Balaban J connectivity index is 1.94. The van der Waals surface area contributed by atoms with Crippen LogP contribution in [0, 0.1) is 17.5 Å². The molecule has 0 unspecified atom stereocenters. The monoisotopic (exact) mass is 324 g/mol. The van der Waals surface area contributed by atoms with Crippen LogP contribution in [0.15, 0.2) is 36.4 Å². The number of carbonyl (C=O) groups excluding carboxylic acids is 2. The van der Waals surface area contributed by atoms with Crippen molar-refractivity contribution in [1.29, 1.82) is 0 Å². The number of phenols is 1. The van der Waals surface area contributed by atoms with Gasteiger partial charge in [0.05, 0.1) is 12.2 Å². The third kappa shape index (κ3) is 4.00. The first-order chi connectivity index (χ1) is 10.9. The molecule has 8 heteroatoms. The molecule has 0 aliphatic carbocycles. The molecule has 0 aromatic heterocycles. The molecule has 2 aromatic carbocycles. The van der Waals surface area contributed by atoms with Crippen LogP contribution < -0.4 is 10.6 Å². The van der Waals surface area contributed by atoms with Crippen LogP contribution >= 0.6 is 0 Å². The highest BCUT2D eigenvalue weighted by Crippen LogP contribution is 2.22. The number of aromatic hydroxyl groups is 1. The second-order valence-electron chi connectivity index (χ2n) is 4.50. The van der Waals surface area contributed by atoms with Gasteiger partial charge < -0.3 is 15.7 Å². The molecule has 0 saturated heterocycles. The largest absolute Gasteiger partial charge is 0.505 e. The number of hydrogen-bond acceptors (Lipinski definition) is 3. The zero-order valence-corrected chi connectivity index (χ0v) is 11.6. The second kappa shape index (κ2) is 6.82. The summed E-state index contributed by atoms with van der Waals surface area (Å²) in [5, 5.41) is 13.5. The summed E-state index contributed by atoms with van der Waals surface area (Å²) >= 11 is 0. The van der Waals surface area contributed by atoms with Gasteiger partial charge in [0.1, 0.15) is 0 Å². The molecule has 0 aliphatic heterocycles. The molecule has 2 rings (SSSR count). The SMILES string of the molecule is O=C(CNC(=O)c1ccc(F)c(F)c1)Nc1cccc(O)c1F. The molecule has 3 N–H and O–H groups in total. The summed E-state index contributed by atoms with van der Waals surface area (Å²) in [7, 11) is 0. The molecular weight excluding hydrogens is 313 g/mol. The van der Waals surface area contributed by atoms with Crippen LogP contribution in [0.5, 0.6) is 5.75 Å². The third-order valence-electron chi connectivity index (χ3n) is 2.84. The van der Waals surface area contributed by atoms with Gasteiger partial charge in [-0.2, -0.15) is 0 Å². The quantitative estimate of drug-likeness (QED) is 0.806. The standard InChI is InChI=1S/C15H11F3N2O3/c16-9-5-4-8(6-10(9)17)15(23)19-7-13(22)20-11-2-1-3-12(21)14(11)18/h1-6,21H,7H2,(H,19,23)(H,20,22). The Bertz CT molecular complexity index is 766. The normalized spacial score (nSPS) is 10.2. The van der Waals surface area contributed by atoms with Crippen molar-refractivity contribution in [3.8, 4) is 5.75 Å².